The van der Waals surface area contributed by atoms with E-state index in [1.165, 1.54) is 6.92 Å². The van der Waals surface area contributed by atoms with Gasteiger partial charge in [-0.3, -0.25) is 4.79 Å². The molecular formula is C17H20O4. The Balaban J connectivity index is 2.10. The number of carbonyl (C=O) groups is 1. The zero-order chi connectivity index (χ0) is 15.1. The number of fused-ring (bicyclic) bond motifs is 3. The maximum Gasteiger partial charge on any atom is 0.308 e. The number of esters is 1. The minimum absolute atomic E-state index is 0.112. The van der Waals surface area contributed by atoms with Gasteiger partial charge in [-0.1, -0.05) is 25.1 Å². The van der Waals surface area contributed by atoms with E-state index < -0.39 is 6.10 Å². The van der Waals surface area contributed by atoms with Gasteiger partial charge in [0, 0.05) is 18.4 Å². The first-order valence-electron chi connectivity index (χ1n) is 7.38. The number of hydrogen-bond donors (Lipinski definition) is 1. The van der Waals surface area contributed by atoms with Gasteiger partial charge in [0.25, 0.3) is 0 Å². The number of rotatable bonds is 2. The first-order valence-corrected chi connectivity index (χ1v) is 7.38. The normalized spacial score (nSPS) is 29.5. The Labute approximate surface area is 124 Å². The molecule has 0 bridgehead atoms. The molecule has 0 radical (unpaired) electrons. The van der Waals surface area contributed by atoms with Crippen LogP contribution in [-0.2, 0) is 4.79 Å². The molecule has 4 heteroatoms. The lowest BCUT2D eigenvalue weighted by molar-refractivity contribution is -0.132. The number of aryl methyl sites for hydroxylation is 1. The monoisotopic (exact) mass is 288 g/mol. The summed E-state index contributed by atoms with van der Waals surface area (Å²) in [6.07, 6.45) is 3.93. The fourth-order valence-electron chi connectivity index (χ4n) is 3.44. The summed E-state index contributed by atoms with van der Waals surface area (Å²) in [6.45, 7) is 5.53. The highest BCUT2D eigenvalue weighted by Gasteiger charge is 2.45. The topological polar surface area (TPSA) is 55.8 Å². The fraction of sp³-hybridized carbons (Fsp3) is 0.471. The van der Waals surface area contributed by atoms with Crippen LogP contribution >= 0.6 is 0 Å². The molecule has 1 N–H and O–H groups in total. The number of carbonyl (C=O) groups excluding carboxylic acids is 1. The largest absolute Gasteiger partial charge is 0.482 e. The summed E-state index contributed by atoms with van der Waals surface area (Å²) in [7, 11) is 0. The Bertz CT molecular complexity index is 605. The van der Waals surface area contributed by atoms with Crippen molar-refractivity contribution in [2.75, 3.05) is 0 Å². The van der Waals surface area contributed by atoms with Gasteiger partial charge in [0.1, 0.15) is 12.2 Å². The molecule has 112 valence electrons. The average Bonchev–Trinajstić information content (AvgIpc) is 2.85. The third kappa shape index (κ3) is 2.23. The maximum atomic E-state index is 11.3. The van der Waals surface area contributed by atoms with Crippen molar-refractivity contribution in [3.05, 3.63) is 35.4 Å². The van der Waals surface area contributed by atoms with Crippen molar-refractivity contribution >= 4 is 5.97 Å². The second kappa shape index (κ2) is 5.19. The van der Waals surface area contributed by atoms with Crippen LogP contribution in [0.1, 0.15) is 37.3 Å². The van der Waals surface area contributed by atoms with E-state index in [1.807, 2.05) is 19.1 Å². The first kappa shape index (κ1) is 14.1. The van der Waals surface area contributed by atoms with E-state index in [9.17, 15) is 9.90 Å². The van der Waals surface area contributed by atoms with Gasteiger partial charge in [-0.05, 0) is 30.9 Å². The highest BCUT2D eigenvalue weighted by molar-refractivity contribution is 5.71. The Kier molecular flexibility index (Phi) is 3.49. The molecule has 21 heavy (non-hydrogen) atoms. The molecule has 0 amide bonds. The van der Waals surface area contributed by atoms with Crippen molar-refractivity contribution < 1.29 is 19.4 Å². The number of hydrogen-bond acceptors (Lipinski definition) is 4. The van der Waals surface area contributed by atoms with Gasteiger partial charge in [0.05, 0.1) is 0 Å². The highest BCUT2D eigenvalue weighted by atomic mass is 16.6. The third-order valence-electron chi connectivity index (χ3n) is 4.40. The molecule has 0 saturated heterocycles. The zero-order valence-electron chi connectivity index (χ0n) is 12.5. The van der Waals surface area contributed by atoms with Gasteiger partial charge >= 0.3 is 5.97 Å². The molecule has 1 aromatic rings. The van der Waals surface area contributed by atoms with Crippen LogP contribution in [0.25, 0.3) is 0 Å². The van der Waals surface area contributed by atoms with Crippen molar-refractivity contribution in [2.24, 2.45) is 5.92 Å². The van der Waals surface area contributed by atoms with Gasteiger partial charge in [-0.25, -0.2) is 0 Å². The molecule has 4 nitrogen and oxygen atoms in total. The van der Waals surface area contributed by atoms with Crippen LogP contribution in [0.2, 0.25) is 0 Å². The molecule has 1 aliphatic carbocycles. The molecule has 2 unspecified atom stereocenters. The summed E-state index contributed by atoms with van der Waals surface area (Å²) in [6, 6.07) is 3.70. The van der Waals surface area contributed by atoms with Crippen molar-refractivity contribution in [3.8, 4) is 11.5 Å². The molecule has 1 heterocycles. The van der Waals surface area contributed by atoms with Crippen LogP contribution in [-0.4, -0.2) is 23.3 Å². The number of benzene rings is 1. The lowest BCUT2D eigenvalue weighted by atomic mass is 9.75. The SMILES string of the molecule is CCC1C=C[C@H](O)[C@@H]2Oc3c(OC(C)=O)ccc(C)c3C12. The number of ether oxygens (including phenoxy) is 2. The summed E-state index contributed by atoms with van der Waals surface area (Å²) >= 11 is 0. The standard InChI is InChI=1S/C17H20O4/c1-4-11-6-7-12(19)16-15(11)14-9(2)5-8-13(17(14)21-16)20-10(3)18/h5-8,11-12,15-16,19H,4H2,1-3H3/t11?,12-,15?,16-/m0/s1. The van der Waals surface area contributed by atoms with Gasteiger partial charge in [0.15, 0.2) is 11.5 Å². The molecular weight excluding hydrogens is 268 g/mol. The smallest absolute Gasteiger partial charge is 0.308 e. The van der Waals surface area contributed by atoms with Gasteiger partial charge < -0.3 is 14.6 Å². The third-order valence-corrected chi connectivity index (χ3v) is 4.40. The van der Waals surface area contributed by atoms with Gasteiger partial charge in [0.2, 0.25) is 0 Å². The van der Waals surface area contributed by atoms with Crippen LogP contribution in [0.5, 0.6) is 11.5 Å². The Morgan fingerprint density at radius 2 is 2.14 bits per heavy atom. The molecule has 0 saturated carbocycles. The Morgan fingerprint density at radius 1 is 1.38 bits per heavy atom. The molecule has 3 rings (SSSR count). The van der Waals surface area contributed by atoms with Crippen LogP contribution in [0.15, 0.2) is 24.3 Å². The summed E-state index contributed by atoms with van der Waals surface area (Å²) in [5.41, 5.74) is 2.17. The van der Waals surface area contributed by atoms with Crippen LogP contribution in [0.4, 0.5) is 0 Å². The lowest BCUT2D eigenvalue weighted by Crippen LogP contribution is -2.38. The number of aliphatic hydroxyl groups is 1. The van der Waals surface area contributed by atoms with E-state index in [0.29, 0.717) is 17.4 Å². The van der Waals surface area contributed by atoms with E-state index in [2.05, 4.69) is 13.0 Å². The summed E-state index contributed by atoms with van der Waals surface area (Å²) in [5.74, 6) is 1.12. The van der Waals surface area contributed by atoms with Crippen LogP contribution in [0, 0.1) is 12.8 Å². The fourth-order valence-corrected chi connectivity index (χ4v) is 3.44. The van der Waals surface area contributed by atoms with Gasteiger partial charge in [-0.2, -0.15) is 0 Å². The predicted octanol–water partition coefficient (Wildman–Crippen LogP) is 2.72. The second-order valence-corrected chi connectivity index (χ2v) is 5.77. The van der Waals surface area contributed by atoms with Crippen LogP contribution in [0.3, 0.4) is 0 Å². The van der Waals surface area contributed by atoms with Crippen LogP contribution < -0.4 is 9.47 Å². The maximum absolute atomic E-state index is 11.3. The van der Waals surface area contributed by atoms with E-state index in [4.69, 9.17) is 9.47 Å². The van der Waals surface area contributed by atoms with Crippen molar-refractivity contribution in [2.45, 2.75) is 45.3 Å². The van der Waals surface area contributed by atoms with Gasteiger partial charge in [-0.15, -0.1) is 0 Å². The number of aliphatic hydroxyl groups excluding tert-OH is 1. The highest BCUT2D eigenvalue weighted by Crippen LogP contribution is 2.52. The summed E-state index contributed by atoms with van der Waals surface area (Å²) < 4.78 is 11.2. The van der Waals surface area contributed by atoms with Crippen molar-refractivity contribution in [1.29, 1.82) is 0 Å². The molecule has 0 aromatic heterocycles. The van der Waals surface area contributed by atoms with Crippen molar-refractivity contribution in [3.63, 3.8) is 0 Å². The quantitative estimate of drug-likeness (QED) is 0.516. The lowest BCUT2D eigenvalue weighted by Gasteiger charge is -2.31. The zero-order valence-corrected chi connectivity index (χ0v) is 12.5. The molecule has 1 aliphatic heterocycles. The predicted molar refractivity (Wildman–Crippen MR) is 78.6 cm³/mol. The Morgan fingerprint density at radius 3 is 2.81 bits per heavy atom. The summed E-state index contributed by atoms with van der Waals surface area (Å²) in [5, 5.41) is 10.2. The van der Waals surface area contributed by atoms with E-state index in [-0.39, 0.29) is 18.0 Å². The molecule has 0 spiro atoms. The number of allylic oxidation sites excluding steroid dienone is 1. The van der Waals surface area contributed by atoms with E-state index in [1.54, 1.807) is 6.07 Å². The second-order valence-electron chi connectivity index (χ2n) is 5.77. The molecule has 0 fully saturated rings. The van der Waals surface area contributed by atoms with E-state index >= 15 is 0 Å². The Hall–Kier alpha value is -1.81. The molecule has 1 aromatic carbocycles. The van der Waals surface area contributed by atoms with E-state index in [0.717, 1.165) is 17.5 Å². The minimum atomic E-state index is -0.630. The minimum Gasteiger partial charge on any atom is -0.482 e. The summed E-state index contributed by atoms with van der Waals surface area (Å²) in [4.78, 5) is 11.3. The first-order chi connectivity index (χ1) is 10.0. The molecule has 2 aliphatic rings. The van der Waals surface area contributed by atoms with Crippen molar-refractivity contribution in [1.82, 2.24) is 0 Å². The average molecular weight is 288 g/mol. The molecule has 4 atom stereocenters.